The first-order chi connectivity index (χ1) is 7.97. The van der Waals surface area contributed by atoms with E-state index in [-0.39, 0.29) is 11.8 Å². The summed E-state index contributed by atoms with van der Waals surface area (Å²) in [6, 6.07) is -0.853. The van der Waals surface area contributed by atoms with Gasteiger partial charge in [-0.05, 0) is 12.8 Å². The van der Waals surface area contributed by atoms with Crippen molar-refractivity contribution >= 4 is 23.2 Å². The molecule has 17 heavy (non-hydrogen) atoms. The SMILES string of the molecule is CC[C@H](C)[C@H](NC(=O)c1scnc1C)C(=O)O. The van der Waals surface area contributed by atoms with Crippen molar-refractivity contribution in [3.05, 3.63) is 16.1 Å². The molecule has 94 valence electrons. The minimum Gasteiger partial charge on any atom is -0.480 e. The number of carbonyl (C=O) groups is 2. The standard InChI is InChI=1S/C11H16N2O3S/c1-4-6(2)8(11(15)16)13-10(14)9-7(3)12-5-17-9/h5-6,8H,4H2,1-3H3,(H,13,14)(H,15,16)/t6-,8-/m0/s1. The molecule has 1 heterocycles. The van der Waals surface area contributed by atoms with Crippen LogP contribution in [-0.2, 0) is 4.79 Å². The first-order valence-electron chi connectivity index (χ1n) is 5.41. The molecule has 1 rings (SSSR count). The maximum Gasteiger partial charge on any atom is 0.326 e. The second kappa shape index (κ2) is 5.77. The van der Waals surface area contributed by atoms with Gasteiger partial charge in [-0.25, -0.2) is 9.78 Å². The van der Waals surface area contributed by atoms with Gasteiger partial charge in [0.15, 0.2) is 0 Å². The van der Waals surface area contributed by atoms with Gasteiger partial charge < -0.3 is 10.4 Å². The average Bonchev–Trinajstić information content (AvgIpc) is 2.70. The third-order valence-electron chi connectivity index (χ3n) is 2.72. The Bertz CT molecular complexity index is 417. The van der Waals surface area contributed by atoms with Gasteiger partial charge in [0.2, 0.25) is 0 Å². The summed E-state index contributed by atoms with van der Waals surface area (Å²) in [5.74, 6) is -1.47. The molecule has 0 radical (unpaired) electrons. The monoisotopic (exact) mass is 256 g/mol. The first-order valence-corrected chi connectivity index (χ1v) is 6.29. The number of aliphatic carboxylic acids is 1. The van der Waals surface area contributed by atoms with Gasteiger partial charge in [0, 0.05) is 0 Å². The van der Waals surface area contributed by atoms with Crippen LogP contribution < -0.4 is 5.32 Å². The van der Waals surface area contributed by atoms with Crippen LogP contribution in [0.5, 0.6) is 0 Å². The zero-order valence-electron chi connectivity index (χ0n) is 10.1. The third-order valence-corrected chi connectivity index (χ3v) is 3.64. The van der Waals surface area contributed by atoms with Crippen molar-refractivity contribution < 1.29 is 14.7 Å². The molecule has 6 heteroatoms. The molecule has 0 bridgehead atoms. The van der Waals surface area contributed by atoms with Crippen LogP contribution in [0.1, 0.15) is 35.6 Å². The van der Waals surface area contributed by atoms with Crippen molar-refractivity contribution in [2.75, 3.05) is 0 Å². The van der Waals surface area contributed by atoms with E-state index in [1.165, 1.54) is 11.3 Å². The van der Waals surface area contributed by atoms with Crippen molar-refractivity contribution in [1.82, 2.24) is 10.3 Å². The van der Waals surface area contributed by atoms with E-state index in [0.717, 1.165) is 0 Å². The van der Waals surface area contributed by atoms with Gasteiger partial charge in [-0.1, -0.05) is 20.3 Å². The lowest BCUT2D eigenvalue weighted by Crippen LogP contribution is -2.44. The summed E-state index contributed by atoms with van der Waals surface area (Å²) in [6.45, 7) is 5.42. The Morgan fingerprint density at radius 2 is 2.24 bits per heavy atom. The van der Waals surface area contributed by atoms with Crippen LogP contribution in [0.25, 0.3) is 0 Å². The summed E-state index contributed by atoms with van der Waals surface area (Å²) in [4.78, 5) is 27.4. The van der Waals surface area contributed by atoms with Gasteiger partial charge in [0.25, 0.3) is 5.91 Å². The molecule has 0 aromatic carbocycles. The number of hydrogen-bond acceptors (Lipinski definition) is 4. The molecule has 2 atom stereocenters. The predicted octanol–water partition coefficient (Wildman–Crippen LogP) is 1.68. The third kappa shape index (κ3) is 3.26. The highest BCUT2D eigenvalue weighted by Crippen LogP contribution is 2.14. The quantitative estimate of drug-likeness (QED) is 0.840. The number of amides is 1. The Morgan fingerprint density at radius 1 is 1.59 bits per heavy atom. The van der Waals surface area contributed by atoms with Gasteiger partial charge in [-0.2, -0.15) is 0 Å². The van der Waals surface area contributed by atoms with Crippen LogP contribution in [0.15, 0.2) is 5.51 Å². The molecule has 0 unspecified atom stereocenters. The number of thiazole rings is 1. The van der Waals surface area contributed by atoms with E-state index in [9.17, 15) is 9.59 Å². The zero-order chi connectivity index (χ0) is 13.0. The second-order valence-electron chi connectivity index (χ2n) is 3.94. The van der Waals surface area contributed by atoms with Crippen LogP contribution in [0.2, 0.25) is 0 Å². The molecule has 0 fully saturated rings. The summed E-state index contributed by atoms with van der Waals surface area (Å²) >= 11 is 1.21. The minimum atomic E-state index is -1.00. The van der Waals surface area contributed by atoms with Crippen LogP contribution in [-0.4, -0.2) is 28.0 Å². The number of hydrogen-bond donors (Lipinski definition) is 2. The maximum atomic E-state index is 11.9. The van der Waals surface area contributed by atoms with Crippen molar-refractivity contribution in [3.63, 3.8) is 0 Å². The van der Waals surface area contributed by atoms with Crippen molar-refractivity contribution in [1.29, 1.82) is 0 Å². The number of carboxylic acid groups (broad SMARTS) is 1. The van der Waals surface area contributed by atoms with Crippen molar-refractivity contribution in [3.8, 4) is 0 Å². The number of aryl methyl sites for hydroxylation is 1. The van der Waals surface area contributed by atoms with Crippen molar-refractivity contribution in [2.24, 2.45) is 5.92 Å². The lowest BCUT2D eigenvalue weighted by Gasteiger charge is -2.19. The lowest BCUT2D eigenvalue weighted by molar-refractivity contribution is -0.140. The molecule has 0 aliphatic rings. The highest BCUT2D eigenvalue weighted by molar-refractivity contribution is 7.11. The molecule has 1 aromatic rings. The Hall–Kier alpha value is -1.43. The highest BCUT2D eigenvalue weighted by Gasteiger charge is 2.26. The summed E-state index contributed by atoms with van der Waals surface area (Å²) in [7, 11) is 0. The van der Waals surface area contributed by atoms with E-state index in [1.54, 1.807) is 19.4 Å². The van der Waals surface area contributed by atoms with E-state index < -0.39 is 12.0 Å². The normalized spacial score (nSPS) is 14.1. The fraction of sp³-hybridized carbons (Fsp3) is 0.545. The molecule has 0 aliphatic carbocycles. The Morgan fingerprint density at radius 3 is 2.65 bits per heavy atom. The van der Waals surface area contributed by atoms with Gasteiger partial charge in [0.1, 0.15) is 10.9 Å². The summed E-state index contributed by atoms with van der Waals surface area (Å²) < 4.78 is 0. The van der Waals surface area contributed by atoms with Crippen LogP contribution in [0.3, 0.4) is 0 Å². The van der Waals surface area contributed by atoms with Crippen LogP contribution in [0.4, 0.5) is 0 Å². The molecule has 1 aromatic heterocycles. The first kappa shape index (κ1) is 13.6. The molecule has 5 nitrogen and oxygen atoms in total. The lowest BCUT2D eigenvalue weighted by atomic mass is 9.99. The summed E-state index contributed by atoms with van der Waals surface area (Å²) in [5.41, 5.74) is 2.20. The minimum absolute atomic E-state index is 0.107. The van der Waals surface area contributed by atoms with Gasteiger partial charge in [0.05, 0.1) is 11.2 Å². The molecule has 2 N–H and O–H groups in total. The van der Waals surface area contributed by atoms with Gasteiger partial charge in [-0.15, -0.1) is 11.3 Å². The summed E-state index contributed by atoms with van der Waals surface area (Å²) in [6.07, 6.45) is 0.693. The number of rotatable bonds is 5. The van der Waals surface area contributed by atoms with E-state index >= 15 is 0 Å². The number of carbonyl (C=O) groups excluding carboxylic acids is 1. The number of nitrogens with one attached hydrogen (secondary N) is 1. The average molecular weight is 256 g/mol. The number of nitrogens with zero attached hydrogens (tertiary/aromatic N) is 1. The molecular weight excluding hydrogens is 240 g/mol. The highest BCUT2D eigenvalue weighted by atomic mass is 32.1. The molecule has 0 saturated carbocycles. The predicted molar refractivity (Wildman–Crippen MR) is 65.2 cm³/mol. The number of carboxylic acids is 1. The fourth-order valence-corrected chi connectivity index (χ4v) is 2.12. The van der Waals surface area contributed by atoms with E-state index in [1.807, 2.05) is 6.92 Å². The van der Waals surface area contributed by atoms with Crippen LogP contribution in [0, 0.1) is 12.8 Å². The smallest absolute Gasteiger partial charge is 0.326 e. The van der Waals surface area contributed by atoms with Crippen LogP contribution >= 0.6 is 11.3 Å². The summed E-state index contributed by atoms with van der Waals surface area (Å²) in [5, 5.41) is 11.6. The van der Waals surface area contributed by atoms with Crippen molar-refractivity contribution in [2.45, 2.75) is 33.2 Å². The Labute approximate surface area is 104 Å². The number of aromatic nitrogens is 1. The molecule has 1 amide bonds. The maximum absolute atomic E-state index is 11.9. The topological polar surface area (TPSA) is 79.3 Å². The zero-order valence-corrected chi connectivity index (χ0v) is 10.9. The molecule has 0 aliphatic heterocycles. The Balaban J connectivity index is 2.78. The van der Waals surface area contributed by atoms with Gasteiger partial charge >= 0.3 is 5.97 Å². The van der Waals surface area contributed by atoms with E-state index in [4.69, 9.17) is 5.11 Å². The Kier molecular flexibility index (Phi) is 4.62. The molecule has 0 spiro atoms. The second-order valence-corrected chi connectivity index (χ2v) is 4.80. The molecule has 0 saturated heterocycles. The fourth-order valence-electron chi connectivity index (χ4n) is 1.41. The molecular formula is C11H16N2O3S. The van der Waals surface area contributed by atoms with Gasteiger partial charge in [-0.3, -0.25) is 4.79 Å². The largest absolute Gasteiger partial charge is 0.480 e. The van der Waals surface area contributed by atoms with E-state index in [0.29, 0.717) is 17.0 Å². The van der Waals surface area contributed by atoms with E-state index in [2.05, 4.69) is 10.3 Å².